The number of aliphatic hydroxyl groups excluding tert-OH is 1. The first kappa shape index (κ1) is 27.5. The molecular weight excluding hydrogens is 498 g/mol. The van der Waals surface area contributed by atoms with Crippen LogP contribution >= 0.6 is 0 Å². The smallest absolute Gasteiger partial charge is 0.392 e. The molecule has 36 heavy (non-hydrogen) atoms. The Hall–Kier alpha value is -3.08. The molecule has 0 amide bonds. The number of carbonyl (C=O) groups is 1. The maximum Gasteiger partial charge on any atom is 0.416 e. The summed E-state index contributed by atoms with van der Waals surface area (Å²) >= 11 is 0. The largest absolute Gasteiger partial charge is 0.416 e. The summed E-state index contributed by atoms with van der Waals surface area (Å²) in [7, 11) is -4.14. The third-order valence-corrected chi connectivity index (χ3v) is 7.26. The SMILES string of the molecule is CC(O)CN(CC(=O)CCc1cccc(-c2ccc(C(F)(F)F)cc2)c1)S(=O)(=O)c1ccc(F)cc1. The van der Waals surface area contributed by atoms with Crippen LogP contribution in [0, 0.1) is 5.82 Å². The van der Waals surface area contributed by atoms with Gasteiger partial charge in [-0.2, -0.15) is 17.5 Å². The number of nitrogens with zero attached hydrogens (tertiary/aromatic N) is 1. The van der Waals surface area contributed by atoms with Gasteiger partial charge in [-0.05, 0) is 66.4 Å². The third-order valence-electron chi connectivity index (χ3n) is 5.44. The molecule has 10 heteroatoms. The fourth-order valence-corrected chi connectivity index (χ4v) is 5.12. The number of benzene rings is 3. The van der Waals surface area contributed by atoms with Crippen molar-refractivity contribution in [2.24, 2.45) is 0 Å². The fraction of sp³-hybridized carbons (Fsp3) is 0.269. The fourth-order valence-electron chi connectivity index (χ4n) is 3.62. The Labute approximate surface area is 207 Å². The van der Waals surface area contributed by atoms with Gasteiger partial charge in [0.05, 0.1) is 23.1 Å². The van der Waals surface area contributed by atoms with Gasteiger partial charge in [-0.15, -0.1) is 0 Å². The van der Waals surface area contributed by atoms with E-state index in [4.69, 9.17) is 0 Å². The topological polar surface area (TPSA) is 74.7 Å². The van der Waals surface area contributed by atoms with E-state index >= 15 is 0 Å². The molecule has 3 rings (SSSR count). The van der Waals surface area contributed by atoms with Crippen LogP contribution in [-0.2, 0) is 27.4 Å². The van der Waals surface area contributed by atoms with Gasteiger partial charge in [0.15, 0.2) is 0 Å². The summed E-state index contributed by atoms with van der Waals surface area (Å²) in [5.74, 6) is -0.994. The number of aryl methyl sites for hydroxylation is 1. The lowest BCUT2D eigenvalue weighted by molar-refractivity contribution is -0.137. The average Bonchev–Trinajstić information content (AvgIpc) is 2.82. The number of carbonyl (C=O) groups excluding carboxylic acids is 1. The van der Waals surface area contributed by atoms with Gasteiger partial charge in [0.25, 0.3) is 0 Å². The lowest BCUT2D eigenvalue weighted by Crippen LogP contribution is -2.40. The number of sulfonamides is 1. The molecule has 5 nitrogen and oxygen atoms in total. The van der Waals surface area contributed by atoms with E-state index in [9.17, 15) is 35.9 Å². The van der Waals surface area contributed by atoms with Gasteiger partial charge < -0.3 is 5.11 Å². The highest BCUT2D eigenvalue weighted by molar-refractivity contribution is 7.89. The molecule has 0 radical (unpaired) electrons. The summed E-state index contributed by atoms with van der Waals surface area (Å²) < 4.78 is 78.4. The van der Waals surface area contributed by atoms with Crippen LogP contribution in [0.15, 0.2) is 77.7 Å². The standard InChI is InChI=1S/C26H25F4NO4S/c1-18(32)16-31(36(34,35)25-13-10-23(27)11-14-25)17-24(33)12-5-19-3-2-4-21(15-19)20-6-8-22(9-7-20)26(28,29)30/h2-4,6-11,13-15,18,32H,5,12,16-17H2,1H3. The number of ketones is 1. The molecule has 0 aliphatic rings. The molecule has 0 saturated carbocycles. The Kier molecular flexibility index (Phi) is 8.65. The van der Waals surface area contributed by atoms with E-state index in [0.717, 1.165) is 46.3 Å². The lowest BCUT2D eigenvalue weighted by atomic mass is 9.99. The number of alkyl halides is 3. The number of rotatable bonds is 10. The molecule has 0 aromatic heterocycles. The van der Waals surface area contributed by atoms with Crippen LogP contribution in [0.2, 0.25) is 0 Å². The number of hydrogen-bond donors (Lipinski definition) is 1. The normalized spacial score (nSPS) is 13.1. The second kappa shape index (κ2) is 11.3. The van der Waals surface area contributed by atoms with Crippen molar-refractivity contribution in [3.8, 4) is 11.1 Å². The Bertz CT molecular complexity index is 1290. The minimum atomic E-state index is -4.42. The predicted octanol–water partition coefficient (Wildman–Crippen LogP) is 5.08. The molecule has 192 valence electrons. The molecule has 0 saturated heterocycles. The van der Waals surface area contributed by atoms with Crippen LogP contribution in [0.4, 0.5) is 17.6 Å². The highest BCUT2D eigenvalue weighted by Crippen LogP contribution is 2.31. The van der Waals surface area contributed by atoms with Crippen LogP contribution in [0.25, 0.3) is 11.1 Å². The van der Waals surface area contributed by atoms with Crippen LogP contribution in [-0.4, -0.2) is 42.8 Å². The number of Topliss-reactive ketones (excluding diaryl/α,β-unsaturated/α-hetero) is 1. The van der Waals surface area contributed by atoms with Crippen LogP contribution in [0.1, 0.15) is 24.5 Å². The first-order valence-corrected chi connectivity index (χ1v) is 12.5. The van der Waals surface area contributed by atoms with Gasteiger partial charge in [-0.1, -0.05) is 36.4 Å². The van der Waals surface area contributed by atoms with Crippen molar-refractivity contribution in [2.75, 3.05) is 13.1 Å². The van der Waals surface area contributed by atoms with Gasteiger partial charge in [0, 0.05) is 13.0 Å². The second-order valence-corrected chi connectivity index (χ2v) is 10.4. The summed E-state index contributed by atoms with van der Waals surface area (Å²) in [6.07, 6.45) is -5.17. The molecule has 0 fully saturated rings. The number of halogens is 4. The average molecular weight is 524 g/mol. The summed E-state index contributed by atoms with van der Waals surface area (Å²) in [6, 6.07) is 15.9. The first-order valence-electron chi connectivity index (χ1n) is 11.1. The summed E-state index contributed by atoms with van der Waals surface area (Å²) in [5, 5.41) is 9.76. The quantitative estimate of drug-likeness (QED) is 0.376. The van der Waals surface area contributed by atoms with Gasteiger partial charge in [0.2, 0.25) is 10.0 Å². The highest BCUT2D eigenvalue weighted by Gasteiger charge is 2.30. The molecule has 3 aromatic carbocycles. The predicted molar refractivity (Wildman–Crippen MR) is 127 cm³/mol. The van der Waals surface area contributed by atoms with Crippen molar-refractivity contribution in [3.63, 3.8) is 0 Å². The van der Waals surface area contributed by atoms with E-state index in [2.05, 4.69) is 0 Å². The summed E-state index contributed by atoms with van der Waals surface area (Å²) in [4.78, 5) is 12.5. The van der Waals surface area contributed by atoms with Crippen LogP contribution < -0.4 is 0 Å². The Morgan fingerprint density at radius 3 is 2.19 bits per heavy atom. The molecule has 0 bridgehead atoms. The van der Waals surface area contributed by atoms with Gasteiger partial charge in [0.1, 0.15) is 11.6 Å². The molecule has 0 heterocycles. The van der Waals surface area contributed by atoms with E-state index < -0.39 is 40.2 Å². The van der Waals surface area contributed by atoms with Crippen molar-refractivity contribution < 1.29 is 35.9 Å². The zero-order valence-electron chi connectivity index (χ0n) is 19.4. The molecule has 0 aliphatic carbocycles. The van der Waals surface area contributed by atoms with Gasteiger partial charge >= 0.3 is 6.18 Å². The zero-order valence-corrected chi connectivity index (χ0v) is 20.2. The van der Waals surface area contributed by atoms with Gasteiger partial charge in [-0.3, -0.25) is 4.79 Å². The van der Waals surface area contributed by atoms with E-state index in [-0.39, 0.29) is 30.1 Å². The molecule has 1 unspecified atom stereocenters. The van der Waals surface area contributed by atoms with Crippen molar-refractivity contribution in [2.45, 2.75) is 36.9 Å². The molecule has 3 aromatic rings. The number of aliphatic hydroxyl groups is 1. The monoisotopic (exact) mass is 523 g/mol. The van der Waals surface area contributed by atoms with Gasteiger partial charge in [-0.25, -0.2) is 12.8 Å². The summed E-state index contributed by atoms with van der Waals surface area (Å²) in [5.41, 5.74) is 1.28. The minimum absolute atomic E-state index is 0.00567. The molecular formula is C26H25F4NO4S. The van der Waals surface area contributed by atoms with E-state index in [1.54, 1.807) is 24.3 Å². The van der Waals surface area contributed by atoms with Crippen molar-refractivity contribution >= 4 is 15.8 Å². The van der Waals surface area contributed by atoms with Crippen molar-refractivity contribution in [1.29, 1.82) is 0 Å². The van der Waals surface area contributed by atoms with E-state index in [1.807, 2.05) is 0 Å². The Morgan fingerprint density at radius 1 is 0.972 bits per heavy atom. The maximum absolute atomic E-state index is 13.2. The minimum Gasteiger partial charge on any atom is -0.392 e. The van der Waals surface area contributed by atoms with Crippen LogP contribution in [0.3, 0.4) is 0 Å². The highest BCUT2D eigenvalue weighted by atomic mass is 32.2. The Morgan fingerprint density at radius 2 is 1.61 bits per heavy atom. The maximum atomic E-state index is 13.2. The van der Waals surface area contributed by atoms with E-state index in [0.29, 0.717) is 11.1 Å². The van der Waals surface area contributed by atoms with Crippen molar-refractivity contribution in [1.82, 2.24) is 4.31 Å². The van der Waals surface area contributed by atoms with Crippen LogP contribution in [0.5, 0.6) is 0 Å². The van der Waals surface area contributed by atoms with Crippen molar-refractivity contribution in [3.05, 3.63) is 89.7 Å². The van der Waals surface area contributed by atoms with E-state index in [1.165, 1.54) is 19.1 Å². The second-order valence-electron chi connectivity index (χ2n) is 8.41. The molecule has 1 atom stereocenters. The zero-order chi connectivity index (χ0) is 26.5. The first-order chi connectivity index (χ1) is 16.9. The lowest BCUT2D eigenvalue weighted by Gasteiger charge is -2.23. The molecule has 0 aliphatic heterocycles. The third kappa shape index (κ3) is 7.22. The Balaban J connectivity index is 1.69. The molecule has 1 N–H and O–H groups in total. The summed E-state index contributed by atoms with van der Waals surface area (Å²) in [6.45, 7) is 0.614. The number of hydrogen-bond acceptors (Lipinski definition) is 4. The molecule has 0 spiro atoms.